The number of unbranched alkanes of at least 4 members (excludes halogenated alkanes) is 23. The maximum atomic E-state index is 12.6. The minimum absolute atomic E-state index is 0.0474. The first kappa shape index (κ1) is 56.0. The Hall–Kier alpha value is -2.03. The summed E-state index contributed by atoms with van der Waals surface area (Å²) in [5.41, 5.74) is 5.35. The van der Waals surface area contributed by atoms with Crippen molar-refractivity contribution in [1.82, 2.24) is 0 Å². The molecular formula is C48H88NO8P. The van der Waals surface area contributed by atoms with E-state index in [1.807, 2.05) is 0 Å². The van der Waals surface area contributed by atoms with Crippen LogP contribution in [0, 0.1) is 0 Å². The molecule has 0 radical (unpaired) electrons. The second kappa shape index (κ2) is 44.5. The number of carbonyl (C=O) groups is 2. The van der Waals surface area contributed by atoms with Crippen molar-refractivity contribution in [3.05, 3.63) is 48.6 Å². The van der Waals surface area contributed by atoms with Crippen LogP contribution in [-0.2, 0) is 32.7 Å². The molecule has 0 spiro atoms. The lowest BCUT2D eigenvalue weighted by Gasteiger charge is -2.19. The van der Waals surface area contributed by atoms with Gasteiger partial charge in [-0.25, -0.2) is 4.57 Å². The summed E-state index contributed by atoms with van der Waals surface area (Å²) in [6.45, 7) is 3.65. The fourth-order valence-corrected chi connectivity index (χ4v) is 7.22. The van der Waals surface area contributed by atoms with Crippen LogP contribution in [0.1, 0.15) is 213 Å². The highest BCUT2D eigenvalue weighted by molar-refractivity contribution is 7.47. The fourth-order valence-electron chi connectivity index (χ4n) is 6.45. The molecule has 3 N–H and O–H groups in total. The Kier molecular flexibility index (Phi) is 43.0. The molecule has 0 amide bonds. The Morgan fingerprint density at radius 3 is 1.40 bits per heavy atom. The summed E-state index contributed by atoms with van der Waals surface area (Å²) >= 11 is 0. The average Bonchev–Trinajstić information content (AvgIpc) is 3.21. The monoisotopic (exact) mass is 838 g/mol. The molecule has 0 rings (SSSR count). The van der Waals surface area contributed by atoms with Crippen LogP contribution in [0.4, 0.5) is 0 Å². The number of hydrogen-bond acceptors (Lipinski definition) is 8. The number of nitrogens with two attached hydrogens (primary N) is 1. The lowest BCUT2D eigenvalue weighted by atomic mass is 10.0. The van der Waals surface area contributed by atoms with Crippen LogP contribution in [0.25, 0.3) is 0 Å². The van der Waals surface area contributed by atoms with Gasteiger partial charge >= 0.3 is 19.8 Å². The molecule has 1 unspecified atom stereocenters. The number of phosphoric acid groups is 1. The Labute approximate surface area is 356 Å². The zero-order valence-corrected chi connectivity index (χ0v) is 38.2. The van der Waals surface area contributed by atoms with Crippen molar-refractivity contribution in [2.24, 2.45) is 5.73 Å². The standard InChI is InChI=1S/C48H88NO8P/c1-3-5-7-9-11-13-15-17-19-21-22-23-25-26-28-30-32-34-36-38-40-47(50)54-44-46(45-56-58(52,53)55-43-42-49)57-48(51)41-39-37-35-33-31-29-27-24-20-18-16-14-12-10-8-6-4-2/h8,10,14,16,20,24,29,31,46H,3-7,9,11-13,15,17-19,21-23,25-28,30,32-45,49H2,1-2H3,(H,52,53)/b10-8+,16-14+,24-20+,31-29+/t46-/m1/s1. The van der Waals surface area contributed by atoms with Crippen molar-refractivity contribution in [3.8, 4) is 0 Å². The summed E-state index contributed by atoms with van der Waals surface area (Å²) in [5.74, 6) is -0.859. The van der Waals surface area contributed by atoms with Gasteiger partial charge in [0.05, 0.1) is 13.2 Å². The molecule has 58 heavy (non-hydrogen) atoms. The fraction of sp³-hybridized carbons (Fsp3) is 0.792. The molecule has 0 saturated heterocycles. The third-order valence-electron chi connectivity index (χ3n) is 9.95. The normalized spacial score (nSPS) is 13.7. The van der Waals surface area contributed by atoms with Crippen LogP contribution in [0.3, 0.4) is 0 Å². The van der Waals surface area contributed by atoms with Crippen LogP contribution < -0.4 is 5.73 Å². The topological polar surface area (TPSA) is 134 Å². The number of carbonyl (C=O) groups excluding carboxylic acids is 2. The van der Waals surface area contributed by atoms with E-state index in [1.54, 1.807) is 0 Å². The van der Waals surface area contributed by atoms with Crippen molar-refractivity contribution in [3.63, 3.8) is 0 Å². The highest BCUT2D eigenvalue weighted by Gasteiger charge is 2.26. The molecule has 0 aliphatic heterocycles. The molecule has 0 aliphatic rings. The van der Waals surface area contributed by atoms with Gasteiger partial charge in [0.25, 0.3) is 0 Å². The van der Waals surface area contributed by atoms with Crippen LogP contribution in [0.5, 0.6) is 0 Å². The maximum absolute atomic E-state index is 12.6. The molecular weight excluding hydrogens is 750 g/mol. The molecule has 0 aromatic rings. The van der Waals surface area contributed by atoms with Crippen LogP contribution in [0.15, 0.2) is 48.6 Å². The van der Waals surface area contributed by atoms with E-state index < -0.39 is 26.5 Å². The molecule has 0 heterocycles. The van der Waals surface area contributed by atoms with Gasteiger partial charge in [0, 0.05) is 19.4 Å². The van der Waals surface area contributed by atoms with E-state index in [0.29, 0.717) is 6.42 Å². The molecule has 0 aromatic carbocycles. The second-order valence-corrected chi connectivity index (χ2v) is 17.1. The van der Waals surface area contributed by atoms with Gasteiger partial charge in [-0.3, -0.25) is 18.6 Å². The molecule has 0 aliphatic carbocycles. The third kappa shape index (κ3) is 43.5. The smallest absolute Gasteiger partial charge is 0.462 e. The first-order chi connectivity index (χ1) is 28.3. The summed E-state index contributed by atoms with van der Waals surface area (Å²) in [4.78, 5) is 34.9. The number of esters is 2. The summed E-state index contributed by atoms with van der Waals surface area (Å²) in [7, 11) is -4.39. The molecule has 0 fully saturated rings. The van der Waals surface area contributed by atoms with Gasteiger partial charge in [-0.05, 0) is 51.4 Å². The van der Waals surface area contributed by atoms with E-state index in [0.717, 1.165) is 64.2 Å². The molecule has 9 nitrogen and oxygen atoms in total. The van der Waals surface area contributed by atoms with E-state index in [2.05, 4.69) is 62.5 Å². The van der Waals surface area contributed by atoms with Gasteiger partial charge in [0.2, 0.25) is 0 Å². The second-order valence-electron chi connectivity index (χ2n) is 15.6. The van der Waals surface area contributed by atoms with E-state index in [9.17, 15) is 19.0 Å². The van der Waals surface area contributed by atoms with E-state index in [4.69, 9.17) is 24.3 Å². The van der Waals surface area contributed by atoms with Gasteiger partial charge in [0.15, 0.2) is 6.10 Å². The Morgan fingerprint density at radius 2 is 0.931 bits per heavy atom. The third-order valence-corrected chi connectivity index (χ3v) is 10.9. The number of rotatable bonds is 44. The minimum atomic E-state index is -4.39. The summed E-state index contributed by atoms with van der Waals surface area (Å²) < 4.78 is 32.8. The zero-order valence-electron chi connectivity index (χ0n) is 37.3. The summed E-state index contributed by atoms with van der Waals surface area (Å²) in [6, 6.07) is 0. The van der Waals surface area contributed by atoms with E-state index in [-0.39, 0.29) is 38.6 Å². The number of ether oxygens (including phenoxy) is 2. The van der Waals surface area contributed by atoms with Crippen LogP contribution in [-0.4, -0.2) is 49.3 Å². The van der Waals surface area contributed by atoms with Crippen LogP contribution in [0.2, 0.25) is 0 Å². The maximum Gasteiger partial charge on any atom is 0.472 e. The first-order valence-corrected chi connectivity index (χ1v) is 25.1. The Morgan fingerprint density at radius 1 is 0.517 bits per heavy atom. The van der Waals surface area contributed by atoms with Gasteiger partial charge < -0.3 is 20.1 Å². The molecule has 2 atom stereocenters. The average molecular weight is 838 g/mol. The molecule has 0 aromatic heterocycles. The first-order valence-electron chi connectivity index (χ1n) is 23.6. The predicted octanol–water partition coefficient (Wildman–Crippen LogP) is 13.9. The van der Waals surface area contributed by atoms with Crippen molar-refractivity contribution in [1.29, 1.82) is 0 Å². The largest absolute Gasteiger partial charge is 0.472 e. The number of allylic oxidation sites excluding steroid dienone is 8. The Bertz CT molecular complexity index is 1090. The van der Waals surface area contributed by atoms with Gasteiger partial charge in [-0.1, -0.05) is 197 Å². The lowest BCUT2D eigenvalue weighted by Crippen LogP contribution is -2.29. The lowest BCUT2D eigenvalue weighted by molar-refractivity contribution is -0.161. The highest BCUT2D eigenvalue weighted by Crippen LogP contribution is 2.43. The van der Waals surface area contributed by atoms with Crippen LogP contribution >= 0.6 is 7.82 Å². The summed E-state index contributed by atoms with van der Waals surface area (Å²) in [5, 5.41) is 0. The number of phosphoric ester groups is 1. The predicted molar refractivity (Wildman–Crippen MR) is 243 cm³/mol. The SMILES string of the molecule is CCC/C=C/C/C=C/C/C=C/C/C=C/CCCCCC(=O)O[C@H](COC(=O)CCCCCCCCCCCCCCCCCCCCCC)COP(=O)(O)OCCN. The molecule has 0 bridgehead atoms. The van der Waals surface area contributed by atoms with Gasteiger partial charge in [-0.2, -0.15) is 0 Å². The minimum Gasteiger partial charge on any atom is -0.462 e. The van der Waals surface area contributed by atoms with Crippen molar-refractivity contribution in [2.75, 3.05) is 26.4 Å². The van der Waals surface area contributed by atoms with Crippen molar-refractivity contribution in [2.45, 2.75) is 219 Å². The molecule has 0 saturated carbocycles. The Balaban J connectivity index is 4.12. The van der Waals surface area contributed by atoms with Crippen molar-refractivity contribution < 1.29 is 37.6 Å². The quantitative estimate of drug-likeness (QED) is 0.0266. The van der Waals surface area contributed by atoms with Gasteiger partial charge in [0.1, 0.15) is 6.61 Å². The van der Waals surface area contributed by atoms with E-state index in [1.165, 1.54) is 116 Å². The zero-order chi connectivity index (χ0) is 42.5. The molecule has 10 heteroatoms. The highest BCUT2D eigenvalue weighted by atomic mass is 31.2. The van der Waals surface area contributed by atoms with Gasteiger partial charge in [-0.15, -0.1) is 0 Å². The molecule has 338 valence electrons. The van der Waals surface area contributed by atoms with E-state index >= 15 is 0 Å². The number of hydrogen-bond donors (Lipinski definition) is 2. The summed E-state index contributed by atoms with van der Waals surface area (Å²) in [6.07, 6.45) is 51.5. The van der Waals surface area contributed by atoms with Crippen molar-refractivity contribution >= 4 is 19.8 Å².